The maximum absolute atomic E-state index is 12.5. The lowest BCUT2D eigenvalue weighted by Crippen LogP contribution is -2.34. The van der Waals surface area contributed by atoms with Crippen LogP contribution < -0.4 is 10.1 Å². The van der Waals surface area contributed by atoms with Crippen molar-refractivity contribution >= 4 is 17.2 Å². The lowest BCUT2D eigenvalue weighted by Gasteiger charge is -2.23. The third-order valence-corrected chi connectivity index (χ3v) is 5.29. The second-order valence-corrected chi connectivity index (χ2v) is 7.48. The summed E-state index contributed by atoms with van der Waals surface area (Å²) >= 11 is 1.71. The lowest BCUT2D eigenvalue weighted by atomic mass is 10.1. The number of thiophene rings is 1. The Balaban J connectivity index is 1.54. The van der Waals surface area contributed by atoms with Crippen LogP contribution in [0.15, 0.2) is 72.1 Å². The molecule has 5 heteroatoms. The fraction of sp³-hybridized carbons (Fsp3) is 0.227. The molecule has 0 radical (unpaired) electrons. The average Bonchev–Trinajstić information content (AvgIpc) is 3.22. The minimum Gasteiger partial charge on any atom is -0.489 e. The van der Waals surface area contributed by atoms with E-state index in [1.54, 1.807) is 11.3 Å². The molecule has 2 aromatic carbocycles. The van der Waals surface area contributed by atoms with Gasteiger partial charge in [-0.3, -0.25) is 4.79 Å². The van der Waals surface area contributed by atoms with Gasteiger partial charge in [0, 0.05) is 17.0 Å². The predicted octanol–water partition coefficient (Wildman–Crippen LogP) is 4.36. The molecule has 0 spiro atoms. The van der Waals surface area contributed by atoms with E-state index in [-0.39, 0.29) is 11.9 Å². The largest absolute Gasteiger partial charge is 0.489 e. The van der Waals surface area contributed by atoms with Crippen molar-refractivity contribution in [1.82, 2.24) is 10.2 Å². The van der Waals surface area contributed by atoms with Gasteiger partial charge in [-0.15, -0.1) is 11.3 Å². The highest BCUT2D eigenvalue weighted by atomic mass is 32.1. The number of carbonyl (C=O) groups is 1. The Hall–Kier alpha value is -2.63. The van der Waals surface area contributed by atoms with Crippen LogP contribution >= 0.6 is 11.3 Å². The Morgan fingerprint density at radius 1 is 1.04 bits per heavy atom. The Kier molecular flexibility index (Phi) is 6.63. The van der Waals surface area contributed by atoms with E-state index in [9.17, 15) is 4.79 Å². The maximum atomic E-state index is 12.5. The molecule has 0 saturated carbocycles. The van der Waals surface area contributed by atoms with Crippen molar-refractivity contribution < 1.29 is 9.53 Å². The molecular formula is C22H24N2O2S. The van der Waals surface area contributed by atoms with Gasteiger partial charge in [-0.05, 0) is 55.4 Å². The van der Waals surface area contributed by atoms with Crippen LogP contribution in [0.3, 0.4) is 0 Å². The number of hydrogen-bond acceptors (Lipinski definition) is 4. The van der Waals surface area contributed by atoms with Gasteiger partial charge in [0.2, 0.25) is 0 Å². The van der Waals surface area contributed by atoms with Gasteiger partial charge in [-0.25, -0.2) is 0 Å². The molecule has 1 heterocycles. The van der Waals surface area contributed by atoms with Crippen LogP contribution in [-0.2, 0) is 6.61 Å². The number of rotatable bonds is 8. The number of amides is 1. The topological polar surface area (TPSA) is 41.6 Å². The zero-order valence-electron chi connectivity index (χ0n) is 15.6. The lowest BCUT2D eigenvalue weighted by molar-refractivity contribution is 0.0942. The average molecular weight is 381 g/mol. The fourth-order valence-electron chi connectivity index (χ4n) is 2.75. The molecule has 1 amide bonds. The van der Waals surface area contributed by atoms with Gasteiger partial charge in [0.1, 0.15) is 12.4 Å². The highest BCUT2D eigenvalue weighted by Crippen LogP contribution is 2.22. The summed E-state index contributed by atoms with van der Waals surface area (Å²) in [6, 6.07) is 21.6. The molecule has 1 atom stereocenters. The van der Waals surface area contributed by atoms with Crippen molar-refractivity contribution in [3.8, 4) is 5.75 Å². The molecule has 0 fully saturated rings. The van der Waals surface area contributed by atoms with Crippen LogP contribution in [0.1, 0.15) is 26.8 Å². The first kappa shape index (κ1) is 19.1. The van der Waals surface area contributed by atoms with Gasteiger partial charge < -0.3 is 15.0 Å². The number of nitrogens with zero attached hydrogens (tertiary/aromatic N) is 1. The highest BCUT2D eigenvalue weighted by Gasteiger charge is 2.16. The molecular weight excluding hydrogens is 356 g/mol. The number of nitrogens with one attached hydrogen (secondary N) is 1. The van der Waals surface area contributed by atoms with Gasteiger partial charge in [0.15, 0.2) is 0 Å². The number of benzene rings is 2. The third kappa shape index (κ3) is 5.42. The van der Waals surface area contributed by atoms with E-state index < -0.39 is 0 Å². The summed E-state index contributed by atoms with van der Waals surface area (Å²) in [6.07, 6.45) is 0. The second kappa shape index (κ2) is 9.35. The summed E-state index contributed by atoms with van der Waals surface area (Å²) in [7, 11) is 4.05. The number of likely N-dealkylation sites (N-methyl/N-ethyl adjacent to an activating group) is 1. The van der Waals surface area contributed by atoms with E-state index in [1.165, 1.54) is 4.88 Å². The molecule has 0 aliphatic rings. The SMILES string of the molecule is CN(C)C(CNC(=O)c1ccc(COc2ccccc2)cc1)c1cccs1. The van der Waals surface area contributed by atoms with Crippen LogP contribution in [0, 0.1) is 0 Å². The summed E-state index contributed by atoms with van der Waals surface area (Å²) in [6.45, 7) is 1.05. The van der Waals surface area contributed by atoms with E-state index in [1.807, 2.05) is 74.8 Å². The zero-order chi connectivity index (χ0) is 19.1. The maximum Gasteiger partial charge on any atom is 0.251 e. The number of carbonyl (C=O) groups excluding carboxylic acids is 1. The normalized spacial score (nSPS) is 12.0. The smallest absolute Gasteiger partial charge is 0.251 e. The summed E-state index contributed by atoms with van der Waals surface area (Å²) in [5.41, 5.74) is 1.68. The molecule has 4 nitrogen and oxygen atoms in total. The van der Waals surface area contributed by atoms with Crippen molar-refractivity contribution in [3.63, 3.8) is 0 Å². The fourth-order valence-corrected chi connectivity index (χ4v) is 3.67. The van der Waals surface area contributed by atoms with Gasteiger partial charge in [-0.1, -0.05) is 36.4 Å². The number of ether oxygens (including phenoxy) is 1. The van der Waals surface area contributed by atoms with E-state index in [4.69, 9.17) is 4.74 Å². The van der Waals surface area contributed by atoms with Crippen molar-refractivity contribution in [2.75, 3.05) is 20.6 Å². The van der Waals surface area contributed by atoms with E-state index in [2.05, 4.69) is 21.7 Å². The molecule has 0 aliphatic carbocycles. The van der Waals surface area contributed by atoms with E-state index in [0.717, 1.165) is 11.3 Å². The van der Waals surface area contributed by atoms with Gasteiger partial charge in [-0.2, -0.15) is 0 Å². The molecule has 3 rings (SSSR count). The van der Waals surface area contributed by atoms with E-state index in [0.29, 0.717) is 18.7 Å². The molecule has 0 saturated heterocycles. The predicted molar refractivity (Wildman–Crippen MR) is 110 cm³/mol. The van der Waals surface area contributed by atoms with Crippen LogP contribution in [-0.4, -0.2) is 31.4 Å². The van der Waals surface area contributed by atoms with Crippen LogP contribution in [0.5, 0.6) is 5.75 Å². The Morgan fingerprint density at radius 3 is 2.41 bits per heavy atom. The van der Waals surface area contributed by atoms with Crippen molar-refractivity contribution in [1.29, 1.82) is 0 Å². The van der Waals surface area contributed by atoms with Gasteiger partial charge >= 0.3 is 0 Å². The molecule has 0 aliphatic heterocycles. The Morgan fingerprint density at radius 2 is 1.78 bits per heavy atom. The Labute approximate surface area is 164 Å². The summed E-state index contributed by atoms with van der Waals surface area (Å²) < 4.78 is 5.73. The zero-order valence-corrected chi connectivity index (χ0v) is 16.4. The van der Waals surface area contributed by atoms with Crippen molar-refractivity contribution in [3.05, 3.63) is 88.1 Å². The first-order valence-corrected chi connectivity index (χ1v) is 9.76. The van der Waals surface area contributed by atoms with E-state index >= 15 is 0 Å². The standard InChI is InChI=1S/C22H24N2O2S/c1-24(2)20(21-9-6-14-27-21)15-23-22(25)18-12-10-17(11-13-18)16-26-19-7-4-3-5-8-19/h3-14,20H,15-16H2,1-2H3,(H,23,25). The molecule has 1 unspecified atom stereocenters. The summed E-state index contributed by atoms with van der Waals surface area (Å²) in [4.78, 5) is 15.8. The second-order valence-electron chi connectivity index (χ2n) is 6.50. The number of hydrogen-bond donors (Lipinski definition) is 1. The first-order chi connectivity index (χ1) is 13.1. The number of para-hydroxylation sites is 1. The Bertz CT molecular complexity index is 831. The first-order valence-electron chi connectivity index (χ1n) is 8.88. The molecule has 0 bridgehead atoms. The summed E-state index contributed by atoms with van der Waals surface area (Å²) in [5.74, 6) is 0.775. The summed E-state index contributed by atoms with van der Waals surface area (Å²) in [5, 5.41) is 5.10. The van der Waals surface area contributed by atoms with Crippen LogP contribution in [0.2, 0.25) is 0 Å². The quantitative estimate of drug-likeness (QED) is 0.631. The molecule has 27 heavy (non-hydrogen) atoms. The molecule has 1 N–H and O–H groups in total. The van der Waals surface area contributed by atoms with Crippen molar-refractivity contribution in [2.24, 2.45) is 0 Å². The minimum atomic E-state index is -0.0612. The van der Waals surface area contributed by atoms with Crippen LogP contribution in [0.25, 0.3) is 0 Å². The minimum absolute atomic E-state index is 0.0612. The molecule has 140 valence electrons. The van der Waals surface area contributed by atoms with Gasteiger partial charge in [0.05, 0.1) is 6.04 Å². The monoisotopic (exact) mass is 380 g/mol. The highest BCUT2D eigenvalue weighted by molar-refractivity contribution is 7.10. The molecule has 3 aromatic rings. The van der Waals surface area contributed by atoms with Crippen LogP contribution in [0.4, 0.5) is 0 Å². The van der Waals surface area contributed by atoms with Gasteiger partial charge in [0.25, 0.3) is 5.91 Å². The molecule has 1 aromatic heterocycles. The van der Waals surface area contributed by atoms with Crippen molar-refractivity contribution in [2.45, 2.75) is 12.6 Å². The third-order valence-electron chi connectivity index (χ3n) is 4.32.